The van der Waals surface area contributed by atoms with E-state index in [1.807, 2.05) is 0 Å². The number of carbonyl (C=O) groups excluding carboxylic acids is 1. The van der Waals surface area contributed by atoms with Gasteiger partial charge in [-0.15, -0.1) is 0 Å². The van der Waals surface area contributed by atoms with Crippen LogP contribution in [0.1, 0.15) is 39.2 Å². The molecule has 156 valence electrons. The fourth-order valence-corrected chi connectivity index (χ4v) is 5.02. The highest BCUT2D eigenvalue weighted by Crippen LogP contribution is 2.39. The Bertz CT molecular complexity index is 709. The maximum atomic E-state index is 10.9. The minimum atomic E-state index is -1.71. The summed E-state index contributed by atoms with van der Waals surface area (Å²) in [4.78, 5) is 13.3. The Morgan fingerprint density at radius 1 is 1.21 bits per heavy atom. The molecule has 28 heavy (non-hydrogen) atoms. The average molecular weight is 407 g/mol. The zero-order chi connectivity index (χ0) is 20.5. The van der Waals surface area contributed by atoms with E-state index in [9.17, 15) is 4.79 Å². The van der Waals surface area contributed by atoms with Crippen molar-refractivity contribution in [2.75, 3.05) is 24.6 Å². The van der Waals surface area contributed by atoms with Gasteiger partial charge < -0.3 is 24.5 Å². The Hall–Kier alpha value is -1.73. The van der Waals surface area contributed by atoms with Crippen LogP contribution in [-0.4, -0.2) is 46.3 Å². The van der Waals surface area contributed by atoms with Crippen molar-refractivity contribution in [1.29, 1.82) is 0 Å². The van der Waals surface area contributed by atoms with Crippen LogP contribution in [0.25, 0.3) is 0 Å². The topological polar surface area (TPSA) is 74.0 Å². The lowest BCUT2D eigenvalue weighted by Crippen LogP contribution is -2.47. The number of rotatable bonds is 4. The predicted molar refractivity (Wildman–Crippen MR) is 114 cm³/mol. The third kappa shape index (κ3) is 4.81. The molecule has 1 atom stereocenters. The molecule has 1 unspecified atom stereocenters. The van der Waals surface area contributed by atoms with Crippen LogP contribution < -0.4 is 15.4 Å². The highest BCUT2D eigenvalue weighted by Gasteiger charge is 2.39. The Morgan fingerprint density at radius 2 is 1.89 bits per heavy atom. The van der Waals surface area contributed by atoms with E-state index >= 15 is 0 Å². The molecule has 1 saturated heterocycles. The second-order valence-corrected chi connectivity index (χ2v) is 14.2. The summed E-state index contributed by atoms with van der Waals surface area (Å²) in [6, 6.07) is 6.30. The quantitative estimate of drug-likeness (QED) is 0.763. The number of primary amides is 1. The number of benzene rings is 1. The molecule has 3 rings (SSSR count). The molecule has 2 aliphatic heterocycles. The van der Waals surface area contributed by atoms with Gasteiger partial charge in [0.25, 0.3) is 0 Å². The summed E-state index contributed by atoms with van der Waals surface area (Å²) in [5, 5.41) is 0.246. The van der Waals surface area contributed by atoms with Crippen molar-refractivity contribution in [2.45, 2.75) is 70.4 Å². The van der Waals surface area contributed by atoms with Gasteiger partial charge in [0.15, 0.2) is 8.32 Å². The molecule has 0 aliphatic carbocycles. The maximum absolute atomic E-state index is 10.9. The number of nitrogens with zero attached hydrogens (tertiary/aromatic N) is 1. The monoisotopic (exact) mass is 406 g/mol. The first kappa shape index (κ1) is 21.0. The van der Waals surface area contributed by atoms with Crippen molar-refractivity contribution in [3.8, 4) is 5.75 Å². The maximum Gasteiger partial charge on any atom is 0.404 e. The number of ether oxygens (including phenoxy) is 2. The van der Waals surface area contributed by atoms with Crippen molar-refractivity contribution >= 4 is 20.1 Å². The lowest BCUT2D eigenvalue weighted by Gasteiger charge is -2.42. The van der Waals surface area contributed by atoms with Gasteiger partial charge in [-0.25, -0.2) is 4.79 Å². The van der Waals surface area contributed by atoms with Crippen molar-refractivity contribution in [3.05, 3.63) is 23.8 Å². The number of amides is 1. The molecule has 0 aromatic heterocycles. The first-order valence-corrected chi connectivity index (χ1v) is 13.1. The van der Waals surface area contributed by atoms with Crippen molar-refractivity contribution < 1.29 is 18.7 Å². The molecular weight excluding hydrogens is 372 g/mol. The number of anilines is 1. The molecule has 1 aromatic carbocycles. The SMILES string of the molecule is CC(C)(C)[Si](C)(C)OC1CCN(c2ccc3c(c2)OCC(OC(N)=O)C3)CC1. The Kier molecular flexibility index (Phi) is 5.96. The van der Waals surface area contributed by atoms with Crippen LogP contribution in [0, 0.1) is 0 Å². The standard InChI is InChI=1S/C21H34N2O4Si/c1-21(2,3)28(4,5)27-17-8-10-23(11-9-17)16-7-6-15-12-18(26-20(22)24)14-25-19(15)13-16/h6-7,13,17-18H,8-12,14H2,1-5H3,(H2,22,24). The third-order valence-corrected chi connectivity index (χ3v) is 10.8. The number of hydrogen-bond acceptors (Lipinski definition) is 5. The highest BCUT2D eigenvalue weighted by atomic mass is 28.4. The summed E-state index contributed by atoms with van der Waals surface area (Å²) < 4.78 is 17.5. The van der Waals surface area contributed by atoms with Crippen LogP contribution in [0.4, 0.5) is 10.5 Å². The summed E-state index contributed by atoms with van der Waals surface area (Å²) in [6.45, 7) is 13.9. The second kappa shape index (κ2) is 7.95. The first-order valence-electron chi connectivity index (χ1n) is 10.2. The third-order valence-electron chi connectivity index (χ3n) is 6.28. The van der Waals surface area contributed by atoms with Gasteiger partial charge in [0.2, 0.25) is 0 Å². The lowest BCUT2D eigenvalue weighted by atomic mass is 10.0. The van der Waals surface area contributed by atoms with Crippen molar-refractivity contribution in [3.63, 3.8) is 0 Å². The van der Waals surface area contributed by atoms with Crippen LogP contribution in [0.3, 0.4) is 0 Å². The highest BCUT2D eigenvalue weighted by molar-refractivity contribution is 6.74. The van der Waals surface area contributed by atoms with Gasteiger partial charge in [-0.3, -0.25) is 0 Å². The van der Waals surface area contributed by atoms with Gasteiger partial charge in [-0.1, -0.05) is 26.8 Å². The van der Waals surface area contributed by atoms with E-state index in [1.54, 1.807) is 0 Å². The van der Waals surface area contributed by atoms with Gasteiger partial charge in [0.1, 0.15) is 18.5 Å². The minimum absolute atomic E-state index is 0.246. The summed E-state index contributed by atoms with van der Waals surface area (Å²) in [7, 11) is -1.71. The van der Waals surface area contributed by atoms with Gasteiger partial charge >= 0.3 is 6.09 Å². The molecule has 0 radical (unpaired) electrons. The number of piperidine rings is 1. The Labute approximate surface area is 169 Å². The van der Waals surface area contributed by atoms with Crippen LogP contribution in [0.15, 0.2) is 18.2 Å². The predicted octanol–water partition coefficient (Wildman–Crippen LogP) is 4.08. The molecule has 2 heterocycles. The van der Waals surface area contributed by atoms with Crippen LogP contribution in [0.5, 0.6) is 5.75 Å². The summed E-state index contributed by atoms with van der Waals surface area (Å²) in [5.74, 6) is 0.876. The zero-order valence-corrected chi connectivity index (χ0v) is 18.8. The molecular formula is C21H34N2O4Si. The number of carbonyl (C=O) groups is 1. The van der Waals surface area contributed by atoms with E-state index in [-0.39, 0.29) is 11.1 Å². The minimum Gasteiger partial charge on any atom is -0.489 e. The molecule has 1 amide bonds. The molecule has 2 aliphatic rings. The molecule has 6 nitrogen and oxygen atoms in total. The van der Waals surface area contributed by atoms with Gasteiger partial charge in [-0.05, 0) is 42.6 Å². The van der Waals surface area contributed by atoms with Crippen molar-refractivity contribution in [1.82, 2.24) is 0 Å². The van der Waals surface area contributed by atoms with Crippen LogP contribution in [0.2, 0.25) is 18.1 Å². The van der Waals surface area contributed by atoms with E-state index in [0.717, 1.165) is 37.2 Å². The van der Waals surface area contributed by atoms with Crippen LogP contribution >= 0.6 is 0 Å². The molecule has 7 heteroatoms. The first-order chi connectivity index (χ1) is 13.0. The molecule has 1 aromatic rings. The molecule has 0 bridgehead atoms. The molecule has 2 N–H and O–H groups in total. The number of nitrogens with two attached hydrogens (primary N) is 1. The van der Waals surface area contributed by atoms with E-state index < -0.39 is 14.4 Å². The van der Waals surface area contributed by atoms with E-state index in [0.29, 0.717) is 19.1 Å². The second-order valence-electron chi connectivity index (χ2n) is 9.43. The Balaban J connectivity index is 1.58. The summed E-state index contributed by atoms with van der Waals surface area (Å²) >= 11 is 0. The molecule has 0 saturated carbocycles. The van der Waals surface area contributed by atoms with Gasteiger partial charge in [0.05, 0.1) is 0 Å². The van der Waals surface area contributed by atoms with E-state index in [4.69, 9.17) is 19.6 Å². The normalized spacial score (nSPS) is 21.0. The van der Waals surface area contributed by atoms with Crippen molar-refractivity contribution in [2.24, 2.45) is 5.73 Å². The fraction of sp³-hybridized carbons (Fsp3) is 0.667. The largest absolute Gasteiger partial charge is 0.489 e. The Morgan fingerprint density at radius 3 is 2.50 bits per heavy atom. The molecule has 0 spiro atoms. The van der Waals surface area contributed by atoms with Gasteiger partial charge in [0, 0.05) is 37.4 Å². The van der Waals surface area contributed by atoms with E-state index in [1.165, 1.54) is 5.69 Å². The summed E-state index contributed by atoms with van der Waals surface area (Å²) in [5.41, 5.74) is 7.34. The number of hydrogen-bond donors (Lipinski definition) is 1. The smallest absolute Gasteiger partial charge is 0.404 e. The number of fused-ring (bicyclic) bond motifs is 1. The van der Waals surface area contributed by atoms with Crippen LogP contribution in [-0.2, 0) is 15.6 Å². The molecule has 1 fully saturated rings. The summed E-state index contributed by atoms with van der Waals surface area (Å²) in [6.07, 6.45) is 2.05. The van der Waals surface area contributed by atoms with Gasteiger partial charge in [-0.2, -0.15) is 0 Å². The average Bonchev–Trinajstić information content (AvgIpc) is 2.60. The fourth-order valence-electron chi connectivity index (χ4n) is 3.60. The lowest BCUT2D eigenvalue weighted by molar-refractivity contribution is 0.0616. The zero-order valence-electron chi connectivity index (χ0n) is 17.8. The van der Waals surface area contributed by atoms with E-state index in [2.05, 4.69) is 57.0 Å².